The van der Waals surface area contributed by atoms with Crippen molar-refractivity contribution in [2.24, 2.45) is 17.3 Å². The van der Waals surface area contributed by atoms with Gasteiger partial charge < -0.3 is 10.2 Å². The van der Waals surface area contributed by atoms with Crippen LogP contribution < -0.4 is 0 Å². The number of hydrogen-bond donors (Lipinski definition) is 2. The summed E-state index contributed by atoms with van der Waals surface area (Å²) in [6.45, 7) is 7.32. The van der Waals surface area contributed by atoms with Crippen molar-refractivity contribution in [1.82, 2.24) is 0 Å². The molecular formula is C11H20O3. The summed E-state index contributed by atoms with van der Waals surface area (Å²) in [4.78, 5) is 11.1. The van der Waals surface area contributed by atoms with E-state index in [-0.39, 0.29) is 11.3 Å². The van der Waals surface area contributed by atoms with Crippen LogP contribution in [0.3, 0.4) is 0 Å². The van der Waals surface area contributed by atoms with Gasteiger partial charge in [-0.25, -0.2) is 0 Å². The van der Waals surface area contributed by atoms with Gasteiger partial charge in [0.1, 0.15) is 0 Å². The van der Waals surface area contributed by atoms with Crippen LogP contribution in [0.15, 0.2) is 0 Å². The van der Waals surface area contributed by atoms with Crippen molar-refractivity contribution in [3.8, 4) is 0 Å². The van der Waals surface area contributed by atoms with E-state index in [1.165, 1.54) is 0 Å². The first-order valence-corrected chi connectivity index (χ1v) is 5.17. The predicted octanol–water partition coefficient (Wildman–Crippen LogP) is 1.89. The number of carbonyl (C=O) groups is 1. The van der Waals surface area contributed by atoms with Crippen molar-refractivity contribution in [2.75, 3.05) is 0 Å². The fourth-order valence-corrected chi connectivity index (χ4v) is 2.24. The molecule has 1 aliphatic carbocycles. The number of hydrogen-bond acceptors (Lipinski definition) is 2. The summed E-state index contributed by atoms with van der Waals surface area (Å²) in [6, 6.07) is 0. The first-order valence-electron chi connectivity index (χ1n) is 5.17. The van der Waals surface area contributed by atoms with Gasteiger partial charge >= 0.3 is 5.97 Å². The molecule has 14 heavy (non-hydrogen) atoms. The Balaban J connectivity index is 2.92. The van der Waals surface area contributed by atoms with Crippen molar-refractivity contribution in [3.63, 3.8) is 0 Å². The molecule has 3 nitrogen and oxygen atoms in total. The lowest BCUT2D eigenvalue weighted by molar-refractivity contribution is -0.160. The van der Waals surface area contributed by atoms with Crippen LogP contribution in [0.25, 0.3) is 0 Å². The average molecular weight is 200 g/mol. The van der Waals surface area contributed by atoms with Crippen LogP contribution in [0.1, 0.15) is 40.5 Å². The largest absolute Gasteiger partial charge is 0.481 e. The van der Waals surface area contributed by atoms with Gasteiger partial charge in [-0.1, -0.05) is 20.8 Å². The van der Waals surface area contributed by atoms with Crippen LogP contribution in [0.2, 0.25) is 0 Å². The lowest BCUT2D eigenvalue weighted by Crippen LogP contribution is -2.48. The van der Waals surface area contributed by atoms with Crippen molar-refractivity contribution in [1.29, 1.82) is 0 Å². The average Bonchev–Trinajstić information content (AvgIpc) is 2.65. The monoisotopic (exact) mass is 200 g/mol. The maximum absolute atomic E-state index is 11.1. The molecule has 0 spiro atoms. The fraction of sp³-hybridized carbons (Fsp3) is 0.909. The van der Waals surface area contributed by atoms with Crippen LogP contribution >= 0.6 is 0 Å². The van der Waals surface area contributed by atoms with Crippen LogP contribution in [-0.4, -0.2) is 21.8 Å². The van der Waals surface area contributed by atoms with Gasteiger partial charge in [-0.3, -0.25) is 4.79 Å². The third-order valence-corrected chi connectivity index (χ3v) is 3.76. The van der Waals surface area contributed by atoms with E-state index in [4.69, 9.17) is 5.11 Å². The van der Waals surface area contributed by atoms with Gasteiger partial charge in [0, 0.05) is 0 Å². The second kappa shape index (κ2) is 3.23. The Morgan fingerprint density at radius 2 is 1.86 bits per heavy atom. The van der Waals surface area contributed by atoms with Gasteiger partial charge in [0.05, 0.1) is 11.5 Å². The van der Waals surface area contributed by atoms with Crippen molar-refractivity contribution >= 4 is 5.97 Å². The van der Waals surface area contributed by atoms with E-state index in [0.717, 1.165) is 12.8 Å². The number of aliphatic hydroxyl groups is 1. The molecule has 2 unspecified atom stereocenters. The Kier molecular flexibility index (Phi) is 2.65. The smallest absolute Gasteiger partial charge is 0.309 e. The molecule has 1 saturated carbocycles. The van der Waals surface area contributed by atoms with Gasteiger partial charge in [-0.05, 0) is 31.1 Å². The molecule has 1 rings (SSSR count). The summed E-state index contributed by atoms with van der Waals surface area (Å²) in [5.74, 6) is -1.60. The number of carboxylic acids is 1. The maximum atomic E-state index is 11.1. The molecule has 0 aromatic heterocycles. The van der Waals surface area contributed by atoms with Crippen molar-refractivity contribution in [3.05, 3.63) is 0 Å². The standard InChI is InChI=1S/C11H20O3/c1-7(2)8(9(12)13)11(4,14)10(3)5-6-10/h7-8,14H,5-6H2,1-4H3,(H,12,13). The topological polar surface area (TPSA) is 57.5 Å². The quantitative estimate of drug-likeness (QED) is 0.728. The second-order valence-corrected chi connectivity index (χ2v) is 5.27. The lowest BCUT2D eigenvalue weighted by atomic mass is 9.72. The summed E-state index contributed by atoms with van der Waals surface area (Å²) < 4.78 is 0. The Labute approximate surface area is 85.1 Å². The summed E-state index contributed by atoms with van der Waals surface area (Å²) in [5.41, 5.74) is -1.28. The molecular weight excluding hydrogens is 180 g/mol. The number of aliphatic carboxylic acids is 1. The Hall–Kier alpha value is -0.570. The van der Waals surface area contributed by atoms with E-state index in [0.29, 0.717) is 0 Å². The van der Waals surface area contributed by atoms with Crippen LogP contribution in [-0.2, 0) is 4.79 Å². The third kappa shape index (κ3) is 1.65. The summed E-state index contributed by atoms with van der Waals surface area (Å²) in [5, 5.41) is 19.4. The van der Waals surface area contributed by atoms with E-state index in [1.54, 1.807) is 6.92 Å². The summed E-state index contributed by atoms with van der Waals surface area (Å²) in [7, 11) is 0. The molecule has 0 bridgehead atoms. The Morgan fingerprint density at radius 3 is 2.07 bits per heavy atom. The predicted molar refractivity (Wildman–Crippen MR) is 53.9 cm³/mol. The third-order valence-electron chi connectivity index (χ3n) is 3.76. The molecule has 0 aromatic carbocycles. The van der Waals surface area contributed by atoms with E-state index in [2.05, 4.69) is 0 Å². The van der Waals surface area contributed by atoms with Crippen LogP contribution in [0.4, 0.5) is 0 Å². The van der Waals surface area contributed by atoms with Gasteiger partial charge in [0.25, 0.3) is 0 Å². The molecule has 0 amide bonds. The SMILES string of the molecule is CC(C)C(C(=O)O)C(C)(O)C1(C)CC1. The molecule has 2 atom stereocenters. The first kappa shape index (κ1) is 11.5. The molecule has 0 aromatic rings. The highest BCUT2D eigenvalue weighted by Crippen LogP contribution is 2.57. The first-order chi connectivity index (χ1) is 6.22. The minimum absolute atomic E-state index is 0.0417. The highest BCUT2D eigenvalue weighted by Gasteiger charge is 2.58. The summed E-state index contributed by atoms with van der Waals surface area (Å²) in [6.07, 6.45) is 1.85. The Bertz CT molecular complexity index is 239. The van der Waals surface area contributed by atoms with Gasteiger partial charge in [-0.15, -0.1) is 0 Å². The van der Waals surface area contributed by atoms with Gasteiger partial charge in [0.15, 0.2) is 0 Å². The zero-order valence-corrected chi connectivity index (χ0v) is 9.37. The minimum Gasteiger partial charge on any atom is -0.481 e. The maximum Gasteiger partial charge on any atom is 0.309 e. The molecule has 0 aliphatic heterocycles. The van der Waals surface area contributed by atoms with E-state index in [9.17, 15) is 9.90 Å². The normalized spacial score (nSPS) is 25.6. The molecule has 1 fully saturated rings. The molecule has 82 valence electrons. The highest BCUT2D eigenvalue weighted by molar-refractivity contribution is 5.72. The minimum atomic E-state index is -1.09. The molecule has 1 aliphatic rings. The second-order valence-electron chi connectivity index (χ2n) is 5.27. The van der Waals surface area contributed by atoms with Crippen molar-refractivity contribution < 1.29 is 15.0 Å². The van der Waals surface area contributed by atoms with E-state index in [1.807, 2.05) is 20.8 Å². The van der Waals surface area contributed by atoms with Gasteiger partial charge in [-0.2, -0.15) is 0 Å². The van der Waals surface area contributed by atoms with Crippen molar-refractivity contribution in [2.45, 2.75) is 46.1 Å². The van der Waals surface area contributed by atoms with Crippen LogP contribution in [0.5, 0.6) is 0 Å². The molecule has 3 heteroatoms. The van der Waals surface area contributed by atoms with E-state index < -0.39 is 17.5 Å². The molecule has 0 radical (unpaired) electrons. The van der Waals surface area contributed by atoms with Crippen LogP contribution in [0, 0.1) is 17.3 Å². The zero-order valence-electron chi connectivity index (χ0n) is 9.37. The summed E-state index contributed by atoms with van der Waals surface area (Å²) >= 11 is 0. The molecule has 0 heterocycles. The Morgan fingerprint density at radius 1 is 1.43 bits per heavy atom. The highest BCUT2D eigenvalue weighted by atomic mass is 16.4. The molecule has 2 N–H and O–H groups in total. The molecule has 0 saturated heterocycles. The fourth-order valence-electron chi connectivity index (χ4n) is 2.24. The van der Waals surface area contributed by atoms with Gasteiger partial charge in [0.2, 0.25) is 0 Å². The van der Waals surface area contributed by atoms with E-state index >= 15 is 0 Å². The zero-order chi connectivity index (χ0) is 11.1. The lowest BCUT2D eigenvalue weighted by Gasteiger charge is -2.38. The number of carboxylic acid groups (broad SMARTS) is 1. The number of rotatable bonds is 4.